The van der Waals surface area contributed by atoms with E-state index in [0.29, 0.717) is 49.2 Å². The van der Waals surface area contributed by atoms with Gasteiger partial charge in [-0.05, 0) is 91.8 Å². The Labute approximate surface area is 472 Å². The number of aliphatic hydroxyl groups excluding tert-OH is 1. The number of nitrogens with one attached hydrogen (secondary N) is 3. The van der Waals surface area contributed by atoms with Crippen LogP contribution in [0.4, 0.5) is 0 Å². The molecule has 0 radical (unpaired) electrons. The Hall–Kier alpha value is -6.90. The summed E-state index contributed by atoms with van der Waals surface area (Å²) in [5.74, 6) is -4.58. The SMILES string of the molecule is CCNC(=O)c1nnc(-c2cc(C(C)C)c(O)cc2O)n1-c1ccc(C(=O)N(C)[C@@H](C(=O)N[C@H](C(=O)N(C)C([C@@H](C)CC)[C@@H](CC(=O)N2CCC[C@@H]2[C@@H](OC)[C@@H](C)C(=O)N[C@@H](C)[C@H](O)c2ccccc2)OC)C(C)C)C(C)C)cc1. The highest BCUT2D eigenvalue weighted by Gasteiger charge is 2.44. The first-order valence-electron chi connectivity index (χ1n) is 28.0. The lowest BCUT2D eigenvalue weighted by molar-refractivity contribution is -0.148. The average molecular weight is 1110 g/mol. The number of hydrogen-bond donors (Lipinski definition) is 6. The van der Waals surface area contributed by atoms with Crippen LogP contribution in [0.2, 0.25) is 0 Å². The molecule has 0 bridgehead atoms. The lowest BCUT2D eigenvalue weighted by Gasteiger charge is -2.41. The van der Waals surface area contributed by atoms with Gasteiger partial charge in [0.1, 0.15) is 23.6 Å². The molecule has 10 atom stereocenters. The van der Waals surface area contributed by atoms with E-state index in [0.717, 1.165) is 0 Å². The van der Waals surface area contributed by atoms with Crippen LogP contribution >= 0.6 is 0 Å². The monoisotopic (exact) mass is 1110 g/mol. The number of carbonyl (C=O) groups excluding carboxylic acids is 6. The average Bonchev–Trinajstić information content (AvgIpc) is 4.21. The number of likely N-dealkylation sites (N-methyl/N-ethyl adjacent to an activating group) is 2. The maximum absolute atomic E-state index is 14.9. The lowest BCUT2D eigenvalue weighted by atomic mass is 9.89. The molecule has 0 saturated carbocycles. The minimum atomic E-state index is -1.03. The zero-order chi connectivity index (χ0) is 59.4. The molecular formula is C60H87N9O11. The molecule has 80 heavy (non-hydrogen) atoms. The second-order valence-corrected chi connectivity index (χ2v) is 22.2. The summed E-state index contributed by atoms with van der Waals surface area (Å²) in [6.45, 7) is 21.0. The largest absolute Gasteiger partial charge is 0.508 e. The molecule has 1 saturated heterocycles. The van der Waals surface area contributed by atoms with Crippen molar-refractivity contribution >= 4 is 35.4 Å². The first-order chi connectivity index (χ1) is 37.8. The predicted molar refractivity (Wildman–Crippen MR) is 305 cm³/mol. The number of likely N-dealkylation sites (tertiary alicyclic amines) is 1. The molecule has 3 aromatic carbocycles. The Morgan fingerprint density at radius 3 is 2.00 bits per heavy atom. The molecule has 5 rings (SSSR count). The number of aromatic nitrogens is 3. The third-order valence-corrected chi connectivity index (χ3v) is 15.7. The molecule has 20 heteroatoms. The smallest absolute Gasteiger partial charge is 0.289 e. The molecule has 2 heterocycles. The van der Waals surface area contributed by atoms with Gasteiger partial charge in [-0.2, -0.15) is 0 Å². The first-order valence-corrected chi connectivity index (χ1v) is 28.0. The molecule has 6 N–H and O–H groups in total. The highest BCUT2D eigenvalue weighted by atomic mass is 16.5. The van der Waals surface area contributed by atoms with Crippen LogP contribution in [-0.4, -0.2) is 164 Å². The molecule has 1 aliphatic rings. The zero-order valence-corrected chi connectivity index (χ0v) is 49.4. The number of phenolic OH excluding ortho intramolecular Hbond substituents is 2. The number of carbonyl (C=O) groups is 6. The maximum atomic E-state index is 14.9. The van der Waals surface area contributed by atoms with E-state index in [2.05, 4.69) is 26.1 Å². The molecule has 1 unspecified atom stereocenters. The van der Waals surface area contributed by atoms with Crippen LogP contribution in [-0.2, 0) is 28.7 Å². The Balaban J connectivity index is 1.33. The fraction of sp³-hybridized carbons (Fsp3) is 0.567. The highest BCUT2D eigenvalue weighted by Crippen LogP contribution is 2.39. The van der Waals surface area contributed by atoms with Crippen molar-refractivity contribution in [2.75, 3.05) is 41.4 Å². The van der Waals surface area contributed by atoms with Crippen molar-refractivity contribution in [3.63, 3.8) is 0 Å². The van der Waals surface area contributed by atoms with Gasteiger partial charge in [-0.1, -0.05) is 99.1 Å². The van der Waals surface area contributed by atoms with Gasteiger partial charge in [0.15, 0.2) is 5.82 Å². The van der Waals surface area contributed by atoms with E-state index < -0.39 is 89.9 Å². The molecule has 20 nitrogen and oxygen atoms in total. The summed E-state index contributed by atoms with van der Waals surface area (Å²) >= 11 is 0. The quantitative estimate of drug-likeness (QED) is 0.0387. The Bertz CT molecular complexity index is 2750. The minimum absolute atomic E-state index is 0.0736. The lowest BCUT2D eigenvalue weighted by Crippen LogP contribution is -2.60. The summed E-state index contributed by atoms with van der Waals surface area (Å²) in [6.07, 6.45) is -0.472. The number of ether oxygens (including phenoxy) is 2. The topological polar surface area (TPSA) is 258 Å². The van der Waals surface area contributed by atoms with E-state index in [4.69, 9.17) is 9.47 Å². The number of aromatic hydroxyl groups is 2. The van der Waals surface area contributed by atoms with Gasteiger partial charge >= 0.3 is 0 Å². The van der Waals surface area contributed by atoms with Gasteiger partial charge in [0.05, 0.1) is 54.3 Å². The number of aliphatic hydroxyl groups is 1. The van der Waals surface area contributed by atoms with Crippen molar-refractivity contribution in [3.05, 3.63) is 89.2 Å². The van der Waals surface area contributed by atoms with Crippen molar-refractivity contribution in [1.82, 2.24) is 45.4 Å². The molecule has 1 aliphatic heterocycles. The van der Waals surface area contributed by atoms with E-state index in [1.54, 1.807) is 80.1 Å². The van der Waals surface area contributed by atoms with Gasteiger partial charge in [0.2, 0.25) is 29.5 Å². The van der Waals surface area contributed by atoms with Crippen molar-refractivity contribution in [2.24, 2.45) is 23.7 Å². The third kappa shape index (κ3) is 14.5. The predicted octanol–water partition coefficient (Wildman–Crippen LogP) is 6.61. The summed E-state index contributed by atoms with van der Waals surface area (Å²) in [6, 6.07) is 14.5. The van der Waals surface area contributed by atoms with Crippen LogP contribution in [0.15, 0.2) is 66.7 Å². The molecule has 0 spiro atoms. The van der Waals surface area contributed by atoms with E-state index >= 15 is 0 Å². The van der Waals surface area contributed by atoms with Gasteiger partial charge in [-0.15, -0.1) is 10.2 Å². The van der Waals surface area contributed by atoms with Gasteiger partial charge in [-0.3, -0.25) is 33.3 Å². The molecule has 4 aromatic rings. The summed E-state index contributed by atoms with van der Waals surface area (Å²) in [5, 5.41) is 49.7. The van der Waals surface area contributed by atoms with Crippen molar-refractivity contribution in [3.8, 4) is 28.6 Å². The first kappa shape index (κ1) is 63.9. The number of benzene rings is 3. The van der Waals surface area contributed by atoms with Gasteiger partial charge in [0.25, 0.3) is 11.8 Å². The van der Waals surface area contributed by atoms with Gasteiger partial charge < -0.3 is 55.4 Å². The molecule has 438 valence electrons. The minimum Gasteiger partial charge on any atom is -0.508 e. The van der Waals surface area contributed by atoms with E-state index in [9.17, 15) is 44.1 Å². The molecule has 6 amide bonds. The van der Waals surface area contributed by atoms with Crippen molar-refractivity contribution in [1.29, 1.82) is 0 Å². The Morgan fingerprint density at radius 2 is 1.44 bits per heavy atom. The number of phenols is 2. The Morgan fingerprint density at radius 1 is 0.787 bits per heavy atom. The number of rotatable bonds is 26. The van der Waals surface area contributed by atoms with E-state index in [1.807, 2.05) is 73.6 Å². The Kier molecular flexibility index (Phi) is 22.8. The zero-order valence-electron chi connectivity index (χ0n) is 49.4. The number of hydrogen-bond acceptors (Lipinski definition) is 13. The van der Waals surface area contributed by atoms with Gasteiger partial charge in [-0.25, -0.2) is 0 Å². The molecule has 1 aromatic heterocycles. The van der Waals surface area contributed by atoms with Crippen LogP contribution < -0.4 is 16.0 Å². The standard InChI is InChI=1S/C60H87N9O11/c1-16-36(9)51(47(79-14)32-48(72)68-29-21-24-44(68)53(80-15)37(10)56(74)62-38(11)52(73)39-22-19-18-20-23-39)67(13)60(78)49(34(5)6)63-57(75)50(35(7)8)66(12)59(77)40-25-27-41(28-26-40)69-54(64-65-55(69)58(76)61-17-2)43-30-42(33(3)4)45(70)31-46(43)71/h18-20,22-23,25-28,30-31,33-38,44,47,49-53,70-71,73H,16-17,21,24,29,32H2,1-15H3,(H,61,76)(H,62,74)(H,63,75)/t36-,37+,38-,44+,47+,49-,50+,51?,52-,53-/m0/s1. The van der Waals surface area contributed by atoms with E-state index in [-0.39, 0.29) is 64.3 Å². The summed E-state index contributed by atoms with van der Waals surface area (Å²) in [5.41, 5.74) is 2.05. The second kappa shape index (κ2) is 28.5. The number of amides is 6. The van der Waals surface area contributed by atoms with Crippen LogP contribution in [0.25, 0.3) is 17.1 Å². The molecule has 1 fully saturated rings. The van der Waals surface area contributed by atoms with Crippen LogP contribution in [0.5, 0.6) is 11.5 Å². The van der Waals surface area contributed by atoms with Crippen molar-refractivity contribution < 1.29 is 53.6 Å². The van der Waals surface area contributed by atoms with Crippen LogP contribution in [0.3, 0.4) is 0 Å². The summed E-state index contributed by atoms with van der Waals surface area (Å²) in [7, 11) is 6.22. The molecular weight excluding hydrogens is 1020 g/mol. The fourth-order valence-electron chi connectivity index (χ4n) is 11.0. The van der Waals surface area contributed by atoms with Crippen molar-refractivity contribution in [2.45, 2.75) is 156 Å². The highest BCUT2D eigenvalue weighted by molar-refractivity contribution is 5.99. The molecule has 0 aliphatic carbocycles. The maximum Gasteiger partial charge on any atom is 0.289 e. The van der Waals surface area contributed by atoms with Gasteiger partial charge in [0, 0.05) is 58.7 Å². The van der Waals surface area contributed by atoms with Crippen LogP contribution in [0, 0.1) is 23.7 Å². The summed E-state index contributed by atoms with van der Waals surface area (Å²) in [4.78, 5) is 89.9. The second-order valence-electron chi connectivity index (χ2n) is 22.2. The van der Waals surface area contributed by atoms with Crippen LogP contribution in [0.1, 0.15) is 146 Å². The normalized spacial score (nSPS) is 17.0. The summed E-state index contributed by atoms with van der Waals surface area (Å²) < 4.78 is 13.5. The van der Waals surface area contributed by atoms with E-state index in [1.165, 1.54) is 36.8 Å². The number of nitrogens with zero attached hydrogens (tertiary/aromatic N) is 6. The third-order valence-electron chi connectivity index (χ3n) is 15.7. The number of methoxy groups -OCH3 is 2. The fourth-order valence-corrected chi connectivity index (χ4v) is 11.0.